The third-order valence-electron chi connectivity index (χ3n) is 1.89. The molecule has 6 heteroatoms. The summed E-state index contributed by atoms with van der Waals surface area (Å²) >= 11 is 0. The van der Waals surface area contributed by atoms with Gasteiger partial charge >= 0.3 is 12.1 Å². The Kier molecular flexibility index (Phi) is 4.38. The molecule has 1 amide bonds. The molecule has 0 unspecified atom stereocenters. The van der Waals surface area contributed by atoms with Gasteiger partial charge in [-0.15, -0.1) is 0 Å². The summed E-state index contributed by atoms with van der Waals surface area (Å²) in [5, 5.41) is 8.43. The lowest BCUT2D eigenvalue weighted by molar-refractivity contribution is -0.137. The van der Waals surface area contributed by atoms with E-state index in [1.165, 1.54) is 18.2 Å². The molecule has 1 heterocycles. The molecule has 1 aromatic heterocycles. The number of hydrogen-bond donors (Lipinski definition) is 1. The molecular formula is C10H13NO5. The predicted octanol–water partition coefficient (Wildman–Crippen LogP) is 1.32. The lowest BCUT2D eigenvalue weighted by Gasteiger charge is -2.15. The maximum Gasteiger partial charge on any atom is 0.409 e. The van der Waals surface area contributed by atoms with Crippen LogP contribution >= 0.6 is 0 Å². The molecule has 0 aliphatic rings. The SMILES string of the molecule is CN(CCC(=O)O)C(=O)OCc1ccco1. The first-order valence-electron chi connectivity index (χ1n) is 4.71. The Hall–Kier alpha value is -1.98. The molecule has 0 atom stereocenters. The Balaban J connectivity index is 2.26. The van der Waals surface area contributed by atoms with Crippen molar-refractivity contribution in [1.82, 2.24) is 4.90 Å². The monoisotopic (exact) mass is 227 g/mol. The van der Waals surface area contributed by atoms with E-state index >= 15 is 0 Å². The van der Waals surface area contributed by atoms with Crippen LogP contribution in [-0.4, -0.2) is 35.7 Å². The molecule has 16 heavy (non-hydrogen) atoms. The summed E-state index contributed by atoms with van der Waals surface area (Å²) in [6.07, 6.45) is 0.807. The molecule has 0 aliphatic carbocycles. The van der Waals surface area contributed by atoms with Crippen molar-refractivity contribution in [2.75, 3.05) is 13.6 Å². The maximum atomic E-state index is 11.3. The third kappa shape index (κ3) is 4.04. The zero-order chi connectivity index (χ0) is 12.0. The van der Waals surface area contributed by atoms with Gasteiger partial charge in [-0.3, -0.25) is 4.79 Å². The number of carboxylic acid groups (broad SMARTS) is 1. The van der Waals surface area contributed by atoms with Crippen LogP contribution in [0.5, 0.6) is 0 Å². The lowest BCUT2D eigenvalue weighted by Crippen LogP contribution is -2.29. The summed E-state index contributed by atoms with van der Waals surface area (Å²) in [5.41, 5.74) is 0. The minimum atomic E-state index is -0.953. The average molecular weight is 227 g/mol. The molecule has 1 aromatic rings. The lowest BCUT2D eigenvalue weighted by atomic mass is 10.4. The minimum Gasteiger partial charge on any atom is -0.481 e. The number of rotatable bonds is 5. The molecule has 0 spiro atoms. The van der Waals surface area contributed by atoms with Gasteiger partial charge in [0.2, 0.25) is 0 Å². The number of carbonyl (C=O) groups is 2. The summed E-state index contributed by atoms with van der Waals surface area (Å²) in [4.78, 5) is 22.8. The summed E-state index contributed by atoms with van der Waals surface area (Å²) < 4.78 is 9.85. The Morgan fingerprint density at radius 3 is 2.88 bits per heavy atom. The fourth-order valence-electron chi connectivity index (χ4n) is 0.992. The molecule has 1 rings (SSSR count). The smallest absolute Gasteiger partial charge is 0.409 e. The van der Waals surface area contributed by atoms with Gasteiger partial charge < -0.3 is 19.2 Å². The molecule has 0 saturated heterocycles. The highest BCUT2D eigenvalue weighted by Crippen LogP contribution is 2.03. The van der Waals surface area contributed by atoms with Crippen molar-refractivity contribution in [2.24, 2.45) is 0 Å². The standard InChI is InChI=1S/C10H13NO5/c1-11(5-4-9(12)13)10(14)16-7-8-3-2-6-15-8/h2-3,6H,4-5,7H2,1H3,(H,12,13). The summed E-state index contributed by atoms with van der Waals surface area (Å²) in [6, 6.07) is 3.38. The number of carboxylic acids is 1. The van der Waals surface area contributed by atoms with Crippen LogP contribution in [0.3, 0.4) is 0 Å². The number of aliphatic carboxylic acids is 1. The zero-order valence-corrected chi connectivity index (χ0v) is 8.88. The molecular weight excluding hydrogens is 214 g/mol. The van der Waals surface area contributed by atoms with Crippen molar-refractivity contribution in [1.29, 1.82) is 0 Å². The van der Waals surface area contributed by atoms with Crippen LogP contribution in [0, 0.1) is 0 Å². The molecule has 0 fully saturated rings. The average Bonchev–Trinajstić information content (AvgIpc) is 2.75. The molecule has 1 N–H and O–H groups in total. The maximum absolute atomic E-state index is 11.3. The van der Waals surface area contributed by atoms with E-state index in [1.54, 1.807) is 12.1 Å². The summed E-state index contributed by atoms with van der Waals surface area (Å²) in [6.45, 7) is 0.162. The first-order chi connectivity index (χ1) is 7.59. The second-order valence-electron chi connectivity index (χ2n) is 3.20. The van der Waals surface area contributed by atoms with Gasteiger partial charge in [0.1, 0.15) is 5.76 Å². The van der Waals surface area contributed by atoms with Crippen LogP contribution in [0.15, 0.2) is 22.8 Å². The zero-order valence-electron chi connectivity index (χ0n) is 8.88. The van der Waals surface area contributed by atoms with E-state index in [2.05, 4.69) is 0 Å². The quantitative estimate of drug-likeness (QED) is 0.820. The fraction of sp³-hybridized carbons (Fsp3) is 0.400. The molecule has 0 saturated carbocycles. The van der Waals surface area contributed by atoms with Crippen LogP contribution in [-0.2, 0) is 16.1 Å². The first kappa shape index (κ1) is 12.1. The molecule has 6 nitrogen and oxygen atoms in total. The Bertz CT molecular complexity index is 346. The molecule has 0 aromatic carbocycles. The second-order valence-corrected chi connectivity index (χ2v) is 3.20. The molecule has 0 bridgehead atoms. The van der Waals surface area contributed by atoms with Crippen LogP contribution in [0.4, 0.5) is 4.79 Å². The number of furan rings is 1. The Labute approximate surface area is 92.4 Å². The van der Waals surface area contributed by atoms with Gasteiger partial charge in [0.15, 0.2) is 6.61 Å². The third-order valence-corrected chi connectivity index (χ3v) is 1.89. The number of nitrogens with zero attached hydrogens (tertiary/aromatic N) is 1. The van der Waals surface area contributed by atoms with Crippen LogP contribution in [0.2, 0.25) is 0 Å². The van der Waals surface area contributed by atoms with Crippen molar-refractivity contribution < 1.29 is 23.8 Å². The summed E-state index contributed by atoms with van der Waals surface area (Å²) in [5.74, 6) is -0.411. The van der Waals surface area contributed by atoms with Gasteiger partial charge in [-0.05, 0) is 12.1 Å². The van der Waals surface area contributed by atoms with Crippen molar-refractivity contribution in [3.05, 3.63) is 24.2 Å². The first-order valence-corrected chi connectivity index (χ1v) is 4.71. The van der Waals surface area contributed by atoms with Crippen molar-refractivity contribution >= 4 is 12.1 Å². The topological polar surface area (TPSA) is 80.0 Å². The normalized spacial score (nSPS) is 9.81. The molecule has 0 aliphatic heterocycles. The Morgan fingerprint density at radius 2 is 2.31 bits per heavy atom. The highest BCUT2D eigenvalue weighted by molar-refractivity contribution is 5.70. The number of ether oxygens (including phenoxy) is 1. The molecule has 0 radical (unpaired) electrons. The number of amides is 1. The van der Waals surface area contributed by atoms with E-state index < -0.39 is 12.1 Å². The van der Waals surface area contributed by atoms with E-state index in [0.29, 0.717) is 5.76 Å². The van der Waals surface area contributed by atoms with E-state index in [4.69, 9.17) is 14.3 Å². The van der Waals surface area contributed by atoms with E-state index in [0.717, 1.165) is 0 Å². The second kappa shape index (κ2) is 5.79. The van der Waals surface area contributed by atoms with Gasteiger partial charge in [0, 0.05) is 13.6 Å². The highest BCUT2D eigenvalue weighted by atomic mass is 16.6. The Morgan fingerprint density at radius 1 is 1.56 bits per heavy atom. The van der Waals surface area contributed by atoms with Crippen molar-refractivity contribution in [3.8, 4) is 0 Å². The number of carbonyl (C=O) groups excluding carboxylic acids is 1. The minimum absolute atomic E-state index is 0.0449. The van der Waals surface area contributed by atoms with Crippen molar-refractivity contribution in [3.63, 3.8) is 0 Å². The van der Waals surface area contributed by atoms with Gasteiger partial charge in [0.25, 0.3) is 0 Å². The number of hydrogen-bond acceptors (Lipinski definition) is 4. The van der Waals surface area contributed by atoms with E-state index in [-0.39, 0.29) is 19.6 Å². The van der Waals surface area contributed by atoms with Gasteiger partial charge in [0.05, 0.1) is 12.7 Å². The highest BCUT2D eigenvalue weighted by Gasteiger charge is 2.11. The van der Waals surface area contributed by atoms with Gasteiger partial charge in [-0.2, -0.15) is 0 Å². The predicted molar refractivity (Wildman–Crippen MR) is 53.8 cm³/mol. The van der Waals surface area contributed by atoms with Crippen LogP contribution in [0.25, 0.3) is 0 Å². The van der Waals surface area contributed by atoms with E-state index in [1.807, 2.05) is 0 Å². The summed E-state index contributed by atoms with van der Waals surface area (Å²) in [7, 11) is 1.48. The van der Waals surface area contributed by atoms with Crippen LogP contribution in [0.1, 0.15) is 12.2 Å². The van der Waals surface area contributed by atoms with Gasteiger partial charge in [-0.25, -0.2) is 4.79 Å². The van der Waals surface area contributed by atoms with Crippen LogP contribution < -0.4 is 0 Å². The fourth-order valence-corrected chi connectivity index (χ4v) is 0.992. The van der Waals surface area contributed by atoms with Crippen molar-refractivity contribution in [2.45, 2.75) is 13.0 Å². The van der Waals surface area contributed by atoms with Gasteiger partial charge in [-0.1, -0.05) is 0 Å². The largest absolute Gasteiger partial charge is 0.481 e. The molecule has 88 valence electrons. The van der Waals surface area contributed by atoms with E-state index in [9.17, 15) is 9.59 Å².